The number of anilines is 1. The third-order valence-electron chi connectivity index (χ3n) is 2.58. The van der Waals surface area contributed by atoms with Crippen LogP contribution in [0.1, 0.15) is 22.8 Å². The van der Waals surface area contributed by atoms with E-state index in [1.165, 1.54) is 37.3 Å². The first-order valence-electron chi connectivity index (χ1n) is 5.75. The number of para-hydroxylation sites is 1. The highest BCUT2D eigenvalue weighted by Gasteiger charge is 2.24. The van der Waals surface area contributed by atoms with Gasteiger partial charge in [0.1, 0.15) is 10.6 Å². The molecule has 1 aromatic heterocycles. The summed E-state index contributed by atoms with van der Waals surface area (Å²) in [6, 6.07) is 7.01. The number of nitro benzene ring substituents is 1. The maximum atomic E-state index is 12.5. The Bertz CT molecular complexity index is 742. The number of nitrogens with zero attached hydrogens (tertiary/aromatic N) is 1. The maximum Gasteiger partial charge on any atom is 0.280 e. The van der Waals surface area contributed by atoms with Crippen LogP contribution in [-0.2, 0) is 4.79 Å². The fourth-order valence-electron chi connectivity index (χ4n) is 1.75. The van der Waals surface area contributed by atoms with E-state index >= 15 is 0 Å². The Hall–Kier alpha value is -2.25. The summed E-state index contributed by atoms with van der Waals surface area (Å²) in [6.45, 7) is 1.30. The van der Waals surface area contributed by atoms with Crippen molar-refractivity contribution in [3.8, 4) is 0 Å². The van der Waals surface area contributed by atoms with Crippen LogP contribution >= 0.6 is 22.9 Å². The van der Waals surface area contributed by atoms with Crippen LogP contribution in [0.25, 0.3) is 0 Å². The van der Waals surface area contributed by atoms with Crippen molar-refractivity contribution in [1.82, 2.24) is 0 Å². The molecule has 0 unspecified atom stereocenters. The third-order valence-corrected chi connectivity index (χ3v) is 3.76. The van der Waals surface area contributed by atoms with Crippen LogP contribution in [0.15, 0.2) is 30.3 Å². The first-order chi connectivity index (χ1) is 9.90. The lowest BCUT2D eigenvalue weighted by Gasteiger charge is -2.04. The summed E-state index contributed by atoms with van der Waals surface area (Å²) < 4.78 is 0.306. The number of rotatable bonds is 4. The molecule has 1 aromatic carbocycles. The van der Waals surface area contributed by atoms with Crippen molar-refractivity contribution in [2.45, 2.75) is 6.92 Å². The minimum atomic E-state index is -0.626. The Kier molecular flexibility index (Phi) is 4.35. The number of nitro groups is 1. The molecule has 0 saturated carbocycles. The highest BCUT2D eigenvalue weighted by Crippen LogP contribution is 2.34. The van der Waals surface area contributed by atoms with Crippen molar-refractivity contribution in [3.05, 3.63) is 55.9 Å². The van der Waals surface area contributed by atoms with Gasteiger partial charge < -0.3 is 5.32 Å². The average Bonchev–Trinajstić information content (AvgIpc) is 2.77. The van der Waals surface area contributed by atoms with Gasteiger partial charge in [0.25, 0.3) is 5.69 Å². The highest BCUT2D eigenvalue weighted by molar-refractivity contribution is 7.20. The monoisotopic (exact) mass is 324 g/mol. The SMILES string of the molecule is CC(=O)Nc1sc(Cl)cc1C(=O)c1ccccc1[N+](=O)[O-]. The number of hydrogen-bond donors (Lipinski definition) is 1. The maximum absolute atomic E-state index is 12.5. The van der Waals surface area contributed by atoms with E-state index in [-0.39, 0.29) is 27.7 Å². The van der Waals surface area contributed by atoms with Crippen molar-refractivity contribution >= 4 is 45.3 Å². The van der Waals surface area contributed by atoms with Gasteiger partial charge in [0.15, 0.2) is 0 Å². The Balaban J connectivity index is 2.50. The van der Waals surface area contributed by atoms with Gasteiger partial charge in [0, 0.05) is 13.0 Å². The molecule has 2 aromatic rings. The van der Waals surface area contributed by atoms with E-state index in [1.807, 2.05) is 0 Å². The zero-order valence-corrected chi connectivity index (χ0v) is 12.3. The van der Waals surface area contributed by atoms with E-state index in [1.54, 1.807) is 0 Å². The minimum absolute atomic E-state index is 0.0523. The number of amides is 1. The lowest BCUT2D eigenvalue weighted by atomic mass is 10.0. The second-order valence-corrected chi connectivity index (χ2v) is 5.76. The molecule has 0 radical (unpaired) electrons. The van der Waals surface area contributed by atoms with Gasteiger partial charge in [-0.3, -0.25) is 19.7 Å². The topological polar surface area (TPSA) is 89.3 Å². The summed E-state index contributed by atoms with van der Waals surface area (Å²) in [6.07, 6.45) is 0. The molecule has 0 aliphatic rings. The molecule has 0 fully saturated rings. The number of carbonyl (C=O) groups is 2. The number of halogens is 1. The minimum Gasteiger partial charge on any atom is -0.317 e. The van der Waals surface area contributed by atoms with Crippen LogP contribution in [0.5, 0.6) is 0 Å². The molecule has 8 heteroatoms. The van der Waals surface area contributed by atoms with Crippen LogP contribution in [0.4, 0.5) is 10.7 Å². The molecule has 0 aliphatic carbocycles. The van der Waals surface area contributed by atoms with E-state index in [0.29, 0.717) is 4.34 Å². The number of thiophene rings is 1. The first kappa shape index (κ1) is 15.1. The molecule has 108 valence electrons. The summed E-state index contributed by atoms with van der Waals surface area (Å²) >= 11 is 6.89. The second kappa shape index (κ2) is 6.02. The van der Waals surface area contributed by atoms with Gasteiger partial charge >= 0.3 is 0 Å². The average molecular weight is 325 g/mol. The van der Waals surface area contributed by atoms with Gasteiger partial charge in [-0.25, -0.2) is 0 Å². The quantitative estimate of drug-likeness (QED) is 0.529. The summed E-state index contributed by atoms with van der Waals surface area (Å²) in [5, 5.41) is 13.8. The molecule has 6 nitrogen and oxygen atoms in total. The fraction of sp³-hybridized carbons (Fsp3) is 0.0769. The van der Waals surface area contributed by atoms with Crippen molar-refractivity contribution in [1.29, 1.82) is 0 Å². The Morgan fingerprint density at radius 1 is 1.29 bits per heavy atom. The molecular weight excluding hydrogens is 316 g/mol. The van der Waals surface area contributed by atoms with E-state index in [9.17, 15) is 19.7 Å². The molecule has 0 spiro atoms. The lowest BCUT2D eigenvalue weighted by molar-refractivity contribution is -0.385. The van der Waals surface area contributed by atoms with Crippen LogP contribution in [0, 0.1) is 10.1 Å². The fourth-order valence-corrected chi connectivity index (χ4v) is 2.92. The third kappa shape index (κ3) is 3.26. The molecule has 21 heavy (non-hydrogen) atoms. The summed E-state index contributed by atoms with van der Waals surface area (Å²) in [5.41, 5.74) is -0.211. The number of nitrogens with one attached hydrogen (secondary N) is 1. The molecule has 2 rings (SSSR count). The van der Waals surface area contributed by atoms with Gasteiger partial charge in [-0.05, 0) is 12.1 Å². The molecule has 1 N–H and O–H groups in total. The van der Waals surface area contributed by atoms with Crippen molar-refractivity contribution in [2.24, 2.45) is 0 Å². The van der Waals surface area contributed by atoms with E-state index in [0.717, 1.165) is 11.3 Å². The Morgan fingerprint density at radius 2 is 1.95 bits per heavy atom. The second-order valence-electron chi connectivity index (χ2n) is 4.08. The largest absolute Gasteiger partial charge is 0.317 e. The first-order valence-corrected chi connectivity index (χ1v) is 6.94. The van der Waals surface area contributed by atoms with Crippen LogP contribution in [-0.4, -0.2) is 16.6 Å². The zero-order chi connectivity index (χ0) is 15.6. The van der Waals surface area contributed by atoms with E-state index in [4.69, 9.17) is 11.6 Å². The normalized spacial score (nSPS) is 10.2. The predicted octanol–water partition coefficient (Wildman–Crippen LogP) is 3.50. The number of carbonyl (C=O) groups excluding carboxylic acids is 2. The molecule has 0 aliphatic heterocycles. The Morgan fingerprint density at radius 3 is 2.57 bits per heavy atom. The smallest absolute Gasteiger partial charge is 0.280 e. The van der Waals surface area contributed by atoms with Crippen LogP contribution in [0.3, 0.4) is 0 Å². The van der Waals surface area contributed by atoms with Gasteiger partial charge in [-0.1, -0.05) is 23.7 Å². The lowest BCUT2D eigenvalue weighted by Crippen LogP contribution is -2.10. The van der Waals surface area contributed by atoms with Gasteiger partial charge in [0.05, 0.1) is 14.8 Å². The van der Waals surface area contributed by atoms with E-state index < -0.39 is 10.7 Å². The van der Waals surface area contributed by atoms with Crippen molar-refractivity contribution in [2.75, 3.05) is 5.32 Å². The summed E-state index contributed by atoms with van der Waals surface area (Å²) in [5.74, 6) is -0.917. The number of hydrogen-bond acceptors (Lipinski definition) is 5. The zero-order valence-electron chi connectivity index (χ0n) is 10.8. The predicted molar refractivity (Wildman–Crippen MR) is 80.2 cm³/mol. The Labute approximate surface area is 128 Å². The molecule has 1 amide bonds. The van der Waals surface area contributed by atoms with Crippen LogP contribution in [0.2, 0.25) is 4.34 Å². The van der Waals surface area contributed by atoms with Gasteiger partial charge in [-0.15, -0.1) is 11.3 Å². The van der Waals surface area contributed by atoms with Gasteiger partial charge in [-0.2, -0.15) is 0 Å². The van der Waals surface area contributed by atoms with Crippen molar-refractivity contribution < 1.29 is 14.5 Å². The summed E-state index contributed by atoms with van der Waals surface area (Å²) in [4.78, 5) is 34.0. The molecule has 0 bridgehead atoms. The number of ketones is 1. The standard InChI is InChI=1S/C13H9ClN2O4S/c1-7(17)15-13-9(6-11(14)21-13)12(18)8-4-2-3-5-10(8)16(19)20/h2-6H,1H3,(H,15,17). The van der Waals surface area contributed by atoms with E-state index in [2.05, 4.69) is 5.32 Å². The van der Waals surface area contributed by atoms with Crippen molar-refractivity contribution in [3.63, 3.8) is 0 Å². The summed E-state index contributed by atoms with van der Waals surface area (Å²) in [7, 11) is 0. The molecular formula is C13H9ClN2O4S. The highest BCUT2D eigenvalue weighted by atomic mass is 35.5. The van der Waals surface area contributed by atoms with Gasteiger partial charge in [0.2, 0.25) is 11.7 Å². The molecule has 0 saturated heterocycles. The van der Waals surface area contributed by atoms with Crippen LogP contribution < -0.4 is 5.32 Å². The molecule has 0 atom stereocenters. The molecule has 1 heterocycles. The number of benzene rings is 1.